The van der Waals surface area contributed by atoms with Gasteiger partial charge in [-0.1, -0.05) is 18.2 Å². The molecule has 0 aliphatic rings. The smallest absolute Gasteiger partial charge is 0.408 e. The van der Waals surface area contributed by atoms with Gasteiger partial charge in [0.25, 0.3) is 0 Å². The monoisotopic (exact) mass is 360 g/mol. The minimum atomic E-state index is -0.930. The van der Waals surface area contributed by atoms with Gasteiger partial charge in [0.15, 0.2) is 0 Å². The summed E-state index contributed by atoms with van der Waals surface area (Å²) >= 11 is 0. The van der Waals surface area contributed by atoms with Crippen LogP contribution in [0.3, 0.4) is 0 Å². The quantitative estimate of drug-likeness (QED) is 0.847. The number of nitrogens with zero attached hydrogens (tertiary/aromatic N) is 1. The van der Waals surface area contributed by atoms with Gasteiger partial charge in [-0.3, -0.25) is 9.36 Å². The van der Waals surface area contributed by atoms with E-state index in [0.717, 1.165) is 16.5 Å². The Labute approximate surface area is 152 Å². The fourth-order valence-corrected chi connectivity index (χ4v) is 2.68. The second-order valence-electron chi connectivity index (χ2n) is 6.99. The Morgan fingerprint density at radius 2 is 1.85 bits per heavy atom. The summed E-state index contributed by atoms with van der Waals surface area (Å²) in [4.78, 5) is 36.0. The second kappa shape index (κ2) is 7.59. The Morgan fingerprint density at radius 1 is 1.19 bits per heavy atom. The molecule has 1 N–H and O–H groups in total. The first-order valence-corrected chi connectivity index (χ1v) is 8.29. The number of rotatable bonds is 4. The average Bonchev–Trinajstić information content (AvgIpc) is 2.91. The number of para-hydroxylation sites is 1. The normalized spacial score (nSPS) is 12.5. The summed E-state index contributed by atoms with van der Waals surface area (Å²) in [5.74, 6) is -0.724. The maximum Gasteiger partial charge on any atom is 0.408 e. The van der Waals surface area contributed by atoms with Gasteiger partial charge < -0.3 is 14.8 Å². The number of amides is 1. The van der Waals surface area contributed by atoms with E-state index in [1.165, 1.54) is 18.6 Å². The molecule has 0 saturated heterocycles. The third-order valence-corrected chi connectivity index (χ3v) is 3.73. The summed E-state index contributed by atoms with van der Waals surface area (Å²) in [5.41, 5.74) is 0.813. The first-order chi connectivity index (χ1) is 12.1. The first-order valence-electron chi connectivity index (χ1n) is 8.29. The van der Waals surface area contributed by atoms with Gasteiger partial charge in [0.05, 0.1) is 12.6 Å². The first kappa shape index (κ1) is 19.5. The molecule has 140 valence electrons. The van der Waals surface area contributed by atoms with Gasteiger partial charge in [-0.05, 0) is 32.4 Å². The molecule has 1 atom stereocenters. The van der Waals surface area contributed by atoms with Crippen LogP contribution in [-0.2, 0) is 20.7 Å². The highest BCUT2D eigenvalue weighted by molar-refractivity contribution is 5.94. The van der Waals surface area contributed by atoms with E-state index in [1.807, 2.05) is 24.3 Å². The third-order valence-electron chi connectivity index (χ3n) is 3.73. The number of carbonyl (C=O) groups excluding carboxylic acids is 3. The summed E-state index contributed by atoms with van der Waals surface area (Å²) < 4.78 is 11.5. The molecular weight excluding hydrogens is 336 g/mol. The average molecular weight is 360 g/mol. The van der Waals surface area contributed by atoms with Gasteiger partial charge in [0.1, 0.15) is 11.6 Å². The highest BCUT2D eigenvalue weighted by Crippen LogP contribution is 2.23. The number of nitrogens with one attached hydrogen (secondary N) is 1. The van der Waals surface area contributed by atoms with Gasteiger partial charge in [-0.15, -0.1) is 0 Å². The number of carbonyl (C=O) groups is 3. The van der Waals surface area contributed by atoms with Crippen molar-refractivity contribution in [2.45, 2.75) is 45.8 Å². The molecule has 0 saturated carbocycles. The molecule has 0 radical (unpaired) electrons. The van der Waals surface area contributed by atoms with Crippen LogP contribution in [0.5, 0.6) is 0 Å². The number of alkyl carbamates (subject to hydrolysis) is 1. The highest BCUT2D eigenvalue weighted by atomic mass is 16.6. The van der Waals surface area contributed by atoms with Gasteiger partial charge in [-0.2, -0.15) is 0 Å². The number of esters is 1. The van der Waals surface area contributed by atoms with Crippen molar-refractivity contribution in [2.24, 2.45) is 0 Å². The minimum Gasteiger partial charge on any atom is -0.467 e. The molecule has 0 fully saturated rings. The fourth-order valence-electron chi connectivity index (χ4n) is 2.68. The molecular formula is C19H24N2O5. The molecule has 0 aliphatic carbocycles. The molecule has 2 aromatic rings. The maximum absolute atomic E-state index is 12.1. The van der Waals surface area contributed by atoms with E-state index >= 15 is 0 Å². The molecule has 2 rings (SSSR count). The molecule has 1 aromatic carbocycles. The number of hydrogen-bond acceptors (Lipinski definition) is 5. The summed E-state index contributed by atoms with van der Waals surface area (Å²) in [6.07, 6.45) is 1.15. The predicted octanol–water partition coefficient (Wildman–Crippen LogP) is 2.91. The van der Waals surface area contributed by atoms with E-state index in [9.17, 15) is 14.4 Å². The van der Waals surface area contributed by atoms with Crippen LogP contribution < -0.4 is 5.32 Å². The van der Waals surface area contributed by atoms with E-state index in [2.05, 4.69) is 5.32 Å². The predicted molar refractivity (Wildman–Crippen MR) is 97.1 cm³/mol. The van der Waals surface area contributed by atoms with Crippen LogP contribution in [0, 0.1) is 0 Å². The van der Waals surface area contributed by atoms with Crippen molar-refractivity contribution in [3.63, 3.8) is 0 Å². The zero-order valence-electron chi connectivity index (χ0n) is 15.7. The van der Waals surface area contributed by atoms with Crippen molar-refractivity contribution in [1.82, 2.24) is 9.88 Å². The van der Waals surface area contributed by atoms with Crippen LogP contribution in [0.4, 0.5) is 4.79 Å². The summed E-state index contributed by atoms with van der Waals surface area (Å²) in [5, 5.41) is 3.38. The van der Waals surface area contributed by atoms with Crippen LogP contribution in [0.2, 0.25) is 0 Å². The van der Waals surface area contributed by atoms with Crippen molar-refractivity contribution in [1.29, 1.82) is 0 Å². The van der Waals surface area contributed by atoms with Crippen LogP contribution in [0.25, 0.3) is 10.9 Å². The lowest BCUT2D eigenvalue weighted by Gasteiger charge is -2.22. The molecule has 0 spiro atoms. The van der Waals surface area contributed by atoms with E-state index < -0.39 is 23.7 Å². The number of aromatic nitrogens is 1. The number of hydrogen-bond donors (Lipinski definition) is 1. The molecule has 0 aliphatic heterocycles. The van der Waals surface area contributed by atoms with E-state index in [-0.39, 0.29) is 12.3 Å². The number of fused-ring (bicyclic) bond motifs is 1. The largest absolute Gasteiger partial charge is 0.467 e. The number of benzene rings is 1. The zero-order valence-corrected chi connectivity index (χ0v) is 15.7. The molecule has 1 heterocycles. The van der Waals surface area contributed by atoms with E-state index in [0.29, 0.717) is 0 Å². The summed E-state index contributed by atoms with van der Waals surface area (Å²) in [7, 11) is 1.25. The van der Waals surface area contributed by atoms with Gasteiger partial charge in [-0.25, -0.2) is 9.59 Å². The summed E-state index contributed by atoms with van der Waals surface area (Å²) in [6.45, 7) is 6.67. The second-order valence-corrected chi connectivity index (χ2v) is 6.99. The molecule has 0 bridgehead atoms. The van der Waals surface area contributed by atoms with Crippen LogP contribution in [0.1, 0.15) is 38.1 Å². The SMILES string of the molecule is COC(=O)[C@H](Cc1cn(C(C)=O)c2ccccc12)NC(=O)OC(C)(C)C. The van der Waals surface area contributed by atoms with Crippen molar-refractivity contribution in [3.8, 4) is 0 Å². The molecule has 1 amide bonds. The standard InChI is InChI=1S/C19H24N2O5/c1-12(22)21-11-13(14-8-6-7-9-16(14)21)10-15(17(23)25-5)20-18(24)26-19(2,3)4/h6-9,11,15H,10H2,1-5H3,(H,20,24)/t15-/m0/s1. The van der Waals surface area contributed by atoms with Crippen LogP contribution in [-0.4, -0.2) is 41.3 Å². The number of methoxy groups -OCH3 is 1. The van der Waals surface area contributed by atoms with Crippen LogP contribution >= 0.6 is 0 Å². The Kier molecular flexibility index (Phi) is 5.69. The molecule has 7 nitrogen and oxygen atoms in total. The lowest BCUT2D eigenvalue weighted by Crippen LogP contribution is -2.45. The Balaban J connectivity index is 2.32. The molecule has 7 heteroatoms. The van der Waals surface area contributed by atoms with Gasteiger partial charge in [0.2, 0.25) is 5.91 Å². The lowest BCUT2D eigenvalue weighted by molar-refractivity contribution is -0.143. The van der Waals surface area contributed by atoms with E-state index in [4.69, 9.17) is 9.47 Å². The highest BCUT2D eigenvalue weighted by Gasteiger charge is 2.26. The van der Waals surface area contributed by atoms with E-state index in [1.54, 1.807) is 27.0 Å². The minimum absolute atomic E-state index is 0.137. The third kappa shape index (κ3) is 4.62. The zero-order chi connectivity index (χ0) is 19.5. The van der Waals surface area contributed by atoms with Crippen LogP contribution in [0.15, 0.2) is 30.5 Å². The summed E-state index contributed by atoms with van der Waals surface area (Å²) in [6, 6.07) is 6.45. The van der Waals surface area contributed by atoms with Crippen molar-refractivity contribution >= 4 is 28.9 Å². The Bertz CT molecular complexity index is 832. The van der Waals surface area contributed by atoms with Gasteiger partial charge in [0, 0.05) is 24.9 Å². The molecule has 1 aromatic heterocycles. The number of ether oxygens (including phenoxy) is 2. The molecule has 26 heavy (non-hydrogen) atoms. The molecule has 0 unspecified atom stereocenters. The van der Waals surface area contributed by atoms with Gasteiger partial charge >= 0.3 is 12.1 Å². The van der Waals surface area contributed by atoms with Crippen molar-refractivity contribution < 1.29 is 23.9 Å². The topological polar surface area (TPSA) is 86.6 Å². The maximum atomic E-state index is 12.1. The van der Waals surface area contributed by atoms with Crippen molar-refractivity contribution in [2.75, 3.05) is 7.11 Å². The Morgan fingerprint density at radius 3 is 2.42 bits per heavy atom. The Hall–Kier alpha value is -2.83. The van der Waals surface area contributed by atoms with Crippen molar-refractivity contribution in [3.05, 3.63) is 36.0 Å². The fraction of sp³-hybridized carbons (Fsp3) is 0.421. The lowest BCUT2D eigenvalue weighted by atomic mass is 10.1.